The molecule has 0 spiro atoms. The van der Waals surface area contributed by atoms with E-state index in [4.69, 9.17) is 4.74 Å². The van der Waals surface area contributed by atoms with E-state index in [1.165, 1.54) is 11.1 Å². The average Bonchev–Trinajstić information content (AvgIpc) is 2.54. The van der Waals surface area contributed by atoms with Gasteiger partial charge in [-0.2, -0.15) is 0 Å². The molecule has 0 fully saturated rings. The van der Waals surface area contributed by atoms with Crippen LogP contribution in [0.4, 0.5) is 5.82 Å². The molecule has 0 saturated heterocycles. The van der Waals surface area contributed by atoms with Gasteiger partial charge in [0.15, 0.2) is 0 Å². The summed E-state index contributed by atoms with van der Waals surface area (Å²) in [7, 11) is 1.68. The number of hydrogen-bond donors (Lipinski definition) is 1. The van der Waals surface area contributed by atoms with Crippen molar-refractivity contribution in [1.29, 1.82) is 0 Å². The van der Waals surface area contributed by atoms with Crippen LogP contribution in [0, 0.1) is 6.92 Å². The Morgan fingerprint density at radius 1 is 1.05 bits per heavy atom. The average molecular weight is 278 g/mol. The molecule has 21 heavy (non-hydrogen) atoms. The van der Waals surface area contributed by atoms with Crippen molar-refractivity contribution < 1.29 is 4.74 Å². The molecule has 3 aromatic rings. The van der Waals surface area contributed by atoms with Crippen LogP contribution in [-0.4, -0.2) is 12.1 Å². The predicted octanol–water partition coefficient (Wildman–Crippen LogP) is 4.16. The Morgan fingerprint density at radius 2 is 1.86 bits per heavy atom. The van der Waals surface area contributed by atoms with E-state index in [0.29, 0.717) is 0 Å². The van der Waals surface area contributed by atoms with Crippen molar-refractivity contribution in [3.8, 4) is 5.75 Å². The highest BCUT2D eigenvalue weighted by molar-refractivity contribution is 5.92. The van der Waals surface area contributed by atoms with E-state index in [0.717, 1.165) is 28.9 Å². The second-order valence-corrected chi connectivity index (χ2v) is 5.09. The Labute approximate surface area is 124 Å². The third-order valence-electron chi connectivity index (χ3n) is 3.55. The molecule has 0 amide bonds. The van der Waals surface area contributed by atoms with Crippen LogP contribution in [0.5, 0.6) is 5.75 Å². The van der Waals surface area contributed by atoms with Gasteiger partial charge in [0.1, 0.15) is 11.6 Å². The highest BCUT2D eigenvalue weighted by atomic mass is 16.5. The standard InChI is InChI=1S/C18H18N2O/c1-13-3-5-14(6-4-13)12-20-18-17-11-16(21-2)8-7-15(17)9-10-19-18/h3-11H,12H2,1-2H3,(H,19,20). The molecule has 3 rings (SSSR count). The van der Waals surface area contributed by atoms with Crippen LogP contribution < -0.4 is 10.1 Å². The summed E-state index contributed by atoms with van der Waals surface area (Å²) in [6, 6.07) is 16.5. The van der Waals surface area contributed by atoms with Crippen LogP contribution in [0.3, 0.4) is 0 Å². The summed E-state index contributed by atoms with van der Waals surface area (Å²) in [5.41, 5.74) is 2.51. The Balaban J connectivity index is 1.87. The van der Waals surface area contributed by atoms with Gasteiger partial charge in [-0.25, -0.2) is 4.98 Å². The number of nitrogens with zero attached hydrogens (tertiary/aromatic N) is 1. The molecule has 1 aromatic heterocycles. The van der Waals surface area contributed by atoms with Crippen molar-refractivity contribution in [2.24, 2.45) is 0 Å². The van der Waals surface area contributed by atoms with Crippen LogP contribution in [-0.2, 0) is 6.54 Å². The molecule has 106 valence electrons. The Bertz CT molecular complexity index is 751. The van der Waals surface area contributed by atoms with Gasteiger partial charge in [0.2, 0.25) is 0 Å². The molecule has 0 atom stereocenters. The molecule has 1 N–H and O–H groups in total. The fourth-order valence-electron chi connectivity index (χ4n) is 2.31. The summed E-state index contributed by atoms with van der Waals surface area (Å²) < 4.78 is 5.30. The Morgan fingerprint density at radius 3 is 2.62 bits per heavy atom. The molecule has 0 aliphatic rings. The summed E-state index contributed by atoms with van der Waals surface area (Å²) in [6.07, 6.45) is 1.83. The van der Waals surface area contributed by atoms with Crippen molar-refractivity contribution in [3.63, 3.8) is 0 Å². The largest absolute Gasteiger partial charge is 0.497 e. The smallest absolute Gasteiger partial charge is 0.134 e. The van der Waals surface area contributed by atoms with Crippen LogP contribution in [0.2, 0.25) is 0 Å². The number of rotatable bonds is 4. The zero-order valence-electron chi connectivity index (χ0n) is 12.3. The molecule has 1 heterocycles. The van der Waals surface area contributed by atoms with E-state index in [2.05, 4.69) is 41.5 Å². The van der Waals surface area contributed by atoms with Gasteiger partial charge in [-0.05, 0) is 36.1 Å². The van der Waals surface area contributed by atoms with E-state index in [-0.39, 0.29) is 0 Å². The fraction of sp³-hybridized carbons (Fsp3) is 0.167. The lowest BCUT2D eigenvalue weighted by molar-refractivity contribution is 0.415. The monoisotopic (exact) mass is 278 g/mol. The summed E-state index contributed by atoms with van der Waals surface area (Å²) in [5.74, 6) is 1.72. The lowest BCUT2D eigenvalue weighted by Crippen LogP contribution is -2.02. The SMILES string of the molecule is COc1ccc2ccnc(NCc3ccc(C)cc3)c2c1. The maximum Gasteiger partial charge on any atom is 0.134 e. The summed E-state index contributed by atoms with van der Waals surface area (Å²) in [5, 5.41) is 5.63. The third kappa shape index (κ3) is 2.97. The zero-order valence-corrected chi connectivity index (χ0v) is 12.3. The van der Waals surface area contributed by atoms with Gasteiger partial charge >= 0.3 is 0 Å². The first-order valence-corrected chi connectivity index (χ1v) is 6.98. The molecular weight excluding hydrogens is 260 g/mol. The topological polar surface area (TPSA) is 34.1 Å². The highest BCUT2D eigenvalue weighted by Gasteiger charge is 2.04. The van der Waals surface area contributed by atoms with Gasteiger partial charge in [-0.1, -0.05) is 35.9 Å². The lowest BCUT2D eigenvalue weighted by Gasteiger charge is -2.10. The third-order valence-corrected chi connectivity index (χ3v) is 3.55. The Kier molecular flexibility index (Phi) is 3.73. The van der Waals surface area contributed by atoms with Crippen molar-refractivity contribution in [1.82, 2.24) is 4.98 Å². The van der Waals surface area contributed by atoms with Crippen molar-refractivity contribution in [2.75, 3.05) is 12.4 Å². The van der Waals surface area contributed by atoms with Gasteiger partial charge in [-0.15, -0.1) is 0 Å². The highest BCUT2D eigenvalue weighted by Crippen LogP contribution is 2.26. The number of aryl methyl sites for hydroxylation is 1. The number of fused-ring (bicyclic) bond motifs is 1. The molecule has 3 nitrogen and oxygen atoms in total. The summed E-state index contributed by atoms with van der Waals surface area (Å²) >= 11 is 0. The van der Waals surface area contributed by atoms with E-state index in [1.54, 1.807) is 7.11 Å². The minimum atomic E-state index is 0.754. The second kappa shape index (κ2) is 5.83. The van der Waals surface area contributed by atoms with Crippen molar-refractivity contribution in [2.45, 2.75) is 13.5 Å². The maximum atomic E-state index is 5.30. The van der Waals surface area contributed by atoms with Gasteiger partial charge in [-0.3, -0.25) is 0 Å². The predicted molar refractivity (Wildman–Crippen MR) is 86.8 cm³/mol. The molecule has 0 radical (unpaired) electrons. The van der Waals surface area contributed by atoms with E-state index in [9.17, 15) is 0 Å². The van der Waals surface area contributed by atoms with Gasteiger partial charge in [0.05, 0.1) is 7.11 Å². The van der Waals surface area contributed by atoms with Crippen molar-refractivity contribution >= 4 is 16.6 Å². The van der Waals surface area contributed by atoms with E-state index >= 15 is 0 Å². The quantitative estimate of drug-likeness (QED) is 0.778. The lowest BCUT2D eigenvalue weighted by atomic mass is 10.1. The van der Waals surface area contributed by atoms with Gasteiger partial charge in [0, 0.05) is 18.1 Å². The number of aromatic nitrogens is 1. The molecule has 0 bridgehead atoms. The molecule has 0 saturated carbocycles. The first-order valence-electron chi connectivity index (χ1n) is 6.98. The minimum absolute atomic E-state index is 0.754. The molecule has 2 aromatic carbocycles. The maximum absolute atomic E-state index is 5.30. The molecule has 0 aliphatic heterocycles. The van der Waals surface area contributed by atoms with Gasteiger partial charge < -0.3 is 10.1 Å². The first-order chi connectivity index (χ1) is 10.3. The number of ether oxygens (including phenoxy) is 1. The number of methoxy groups -OCH3 is 1. The summed E-state index contributed by atoms with van der Waals surface area (Å²) in [6.45, 7) is 2.85. The fourth-order valence-corrected chi connectivity index (χ4v) is 2.31. The molecule has 0 unspecified atom stereocenters. The van der Waals surface area contributed by atoms with Crippen LogP contribution >= 0.6 is 0 Å². The first kappa shape index (κ1) is 13.4. The van der Waals surface area contributed by atoms with E-state index < -0.39 is 0 Å². The zero-order chi connectivity index (χ0) is 14.7. The molecule has 3 heteroatoms. The minimum Gasteiger partial charge on any atom is -0.497 e. The number of benzene rings is 2. The van der Waals surface area contributed by atoms with Crippen LogP contribution in [0.15, 0.2) is 54.7 Å². The Hall–Kier alpha value is -2.55. The van der Waals surface area contributed by atoms with Crippen LogP contribution in [0.25, 0.3) is 10.8 Å². The van der Waals surface area contributed by atoms with Gasteiger partial charge in [0.25, 0.3) is 0 Å². The normalized spacial score (nSPS) is 10.6. The molecular formula is C18H18N2O. The summed E-state index contributed by atoms with van der Waals surface area (Å²) in [4.78, 5) is 4.45. The van der Waals surface area contributed by atoms with Crippen molar-refractivity contribution in [3.05, 3.63) is 65.9 Å². The van der Waals surface area contributed by atoms with Crippen LogP contribution in [0.1, 0.15) is 11.1 Å². The number of pyridine rings is 1. The number of hydrogen-bond acceptors (Lipinski definition) is 3. The number of nitrogens with one attached hydrogen (secondary N) is 1. The molecule has 0 aliphatic carbocycles. The number of anilines is 1. The van der Waals surface area contributed by atoms with E-state index in [1.807, 2.05) is 30.5 Å². The second-order valence-electron chi connectivity index (χ2n) is 5.09.